The first-order chi connectivity index (χ1) is 10.6. The fourth-order valence-corrected chi connectivity index (χ4v) is 2.97. The zero-order valence-corrected chi connectivity index (χ0v) is 14.5. The molecule has 0 fully saturated rings. The van der Waals surface area contributed by atoms with Crippen LogP contribution in [0.25, 0.3) is 0 Å². The molecule has 0 aliphatic rings. The quantitative estimate of drug-likeness (QED) is 0.837. The van der Waals surface area contributed by atoms with E-state index in [4.69, 9.17) is 5.26 Å². The van der Waals surface area contributed by atoms with Gasteiger partial charge in [0, 0.05) is 15.9 Å². The second kappa shape index (κ2) is 8.02. The largest absolute Gasteiger partial charge is 0.325 e. The van der Waals surface area contributed by atoms with Crippen LogP contribution < -0.4 is 5.32 Å². The first-order valence-electron chi connectivity index (χ1n) is 6.71. The van der Waals surface area contributed by atoms with Crippen LogP contribution in [0.2, 0.25) is 0 Å². The standard InChI is InChI=1S/C17H15BrN2OS/c1-12-2-7-15(8-16(12)18)20-17(21)11-22-10-14-5-3-13(9-19)4-6-14/h2-8H,10-11H2,1H3,(H,20,21). The molecule has 1 amide bonds. The number of amides is 1. The van der Waals surface area contributed by atoms with Gasteiger partial charge in [-0.05, 0) is 42.3 Å². The molecule has 0 saturated carbocycles. The predicted octanol–water partition coefficient (Wildman–Crippen LogP) is 4.50. The summed E-state index contributed by atoms with van der Waals surface area (Å²) in [4.78, 5) is 11.9. The lowest BCUT2D eigenvalue weighted by Gasteiger charge is -2.07. The molecule has 0 heterocycles. The van der Waals surface area contributed by atoms with Crippen molar-refractivity contribution in [1.82, 2.24) is 0 Å². The van der Waals surface area contributed by atoms with Crippen molar-refractivity contribution in [2.75, 3.05) is 11.1 Å². The first kappa shape index (κ1) is 16.6. The van der Waals surface area contributed by atoms with Crippen LogP contribution in [0.5, 0.6) is 0 Å². The zero-order chi connectivity index (χ0) is 15.9. The highest BCUT2D eigenvalue weighted by molar-refractivity contribution is 9.10. The Bertz CT molecular complexity index is 708. The van der Waals surface area contributed by atoms with Gasteiger partial charge in [-0.3, -0.25) is 4.79 Å². The van der Waals surface area contributed by atoms with Crippen LogP contribution >= 0.6 is 27.7 Å². The van der Waals surface area contributed by atoms with Crippen LogP contribution in [0, 0.1) is 18.3 Å². The Morgan fingerprint density at radius 2 is 2.00 bits per heavy atom. The van der Waals surface area contributed by atoms with Gasteiger partial charge < -0.3 is 5.32 Å². The molecular weight excluding hydrogens is 360 g/mol. The Kier molecular flexibility index (Phi) is 6.05. The van der Waals surface area contributed by atoms with Gasteiger partial charge in [-0.25, -0.2) is 0 Å². The summed E-state index contributed by atoms with van der Waals surface area (Å²) in [5, 5.41) is 11.6. The molecule has 0 atom stereocenters. The van der Waals surface area contributed by atoms with Crippen LogP contribution in [0.3, 0.4) is 0 Å². The highest BCUT2D eigenvalue weighted by Crippen LogP contribution is 2.21. The number of rotatable bonds is 5. The van der Waals surface area contributed by atoms with Crippen molar-refractivity contribution < 1.29 is 4.79 Å². The van der Waals surface area contributed by atoms with E-state index >= 15 is 0 Å². The average Bonchev–Trinajstić information content (AvgIpc) is 2.51. The van der Waals surface area contributed by atoms with Crippen molar-refractivity contribution >= 4 is 39.3 Å². The van der Waals surface area contributed by atoms with Gasteiger partial charge in [-0.2, -0.15) is 5.26 Å². The van der Waals surface area contributed by atoms with Crippen LogP contribution in [-0.2, 0) is 10.5 Å². The van der Waals surface area contributed by atoms with Crippen LogP contribution in [0.1, 0.15) is 16.7 Å². The fraction of sp³-hybridized carbons (Fsp3) is 0.176. The molecule has 2 aromatic carbocycles. The molecule has 0 radical (unpaired) electrons. The van der Waals surface area contributed by atoms with E-state index in [2.05, 4.69) is 27.3 Å². The van der Waals surface area contributed by atoms with Crippen molar-refractivity contribution in [2.24, 2.45) is 0 Å². The summed E-state index contributed by atoms with van der Waals surface area (Å²) in [6.45, 7) is 2.00. The normalized spacial score (nSPS) is 10.0. The molecule has 0 bridgehead atoms. The number of thioether (sulfide) groups is 1. The number of benzene rings is 2. The Labute approximate surface area is 142 Å². The Hall–Kier alpha value is -1.77. The maximum atomic E-state index is 11.9. The lowest BCUT2D eigenvalue weighted by atomic mass is 10.2. The molecule has 3 nitrogen and oxygen atoms in total. The summed E-state index contributed by atoms with van der Waals surface area (Å²) in [5.74, 6) is 1.12. The summed E-state index contributed by atoms with van der Waals surface area (Å²) >= 11 is 5.00. The molecule has 1 N–H and O–H groups in total. The van der Waals surface area contributed by atoms with E-state index in [1.807, 2.05) is 37.3 Å². The van der Waals surface area contributed by atoms with E-state index in [1.165, 1.54) is 0 Å². The number of nitrogens with zero attached hydrogens (tertiary/aromatic N) is 1. The Balaban J connectivity index is 1.80. The number of hydrogen-bond donors (Lipinski definition) is 1. The van der Waals surface area contributed by atoms with E-state index < -0.39 is 0 Å². The van der Waals surface area contributed by atoms with E-state index in [-0.39, 0.29) is 5.91 Å². The number of nitrogens with one attached hydrogen (secondary N) is 1. The highest BCUT2D eigenvalue weighted by atomic mass is 79.9. The Morgan fingerprint density at radius 1 is 1.27 bits per heavy atom. The molecule has 0 aliphatic carbocycles. The minimum absolute atomic E-state index is 0.0191. The second-order valence-corrected chi connectivity index (χ2v) is 6.65. The number of carbonyl (C=O) groups excluding carboxylic acids is 1. The zero-order valence-electron chi connectivity index (χ0n) is 12.1. The number of anilines is 1. The van der Waals surface area contributed by atoms with Crippen molar-refractivity contribution in [1.29, 1.82) is 5.26 Å². The molecular formula is C17H15BrN2OS. The van der Waals surface area contributed by atoms with E-state index in [1.54, 1.807) is 23.9 Å². The summed E-state index contributed by atoms with van der Waals surface area (Å²) in [6, 6.07) is 15.3. The van der Waals surface area contributed by atoms with E-state index in [0.29, 0.717) is 11.3 Å². The SMILES string of the molecule is Cc1ccc(NC(=O)CSCc2ccc(C#N)cc2)cc1Br. The molecule has 22 heavy (non-hydrogen) atoms. The maximum absolute atomic E-state index is 11.9. The van der Waals surface area contributed by atoms with Crippen molar-refractivity contribution in [3.63, 3.8) is 0 Å². The summed E-state index contributed by atoms with van der Waals surface area (Å²) < 4.78 is 0.982. The summed E-state index contributed by atoms with van der Waals surface area (Å²) in [7, 11) is 0. The predicted molar refractivity (Wildman–Crippen MR) is 94.8 cm³/mol. The number of nitriles is 1. The number of carbonyl (C=O) groups is 1. The van der Waals surface area contributed by atoms with Crippen molar-refractivity contribution in [3.05, 3.63) is 63.6 Å². The van der Waals surface area contributed by atoms with E-state index in [0.717, 1.165) is 27.0 Å². The molecule has 112 valence electrons. The van der Waals surface area contributed by atoms with Crippen molar-refractivity contribution in [2.45, 2.75) is 12.7 Å². The summed E-state index contributed by atoms with van der Waals surface area (Å²) in [6.07, 6.45) is 0. The monoisotopic (exact) mass is 374 g/mol. The van der Waals surface area contributed by atoms with Crippen molar-refractivity contribution in [3.8, 4) is 6.07 Å². The average molecular weight is 375 g/mol. The second-order valence-electron chi connectivity index (χ2n) is 4.81. The lowest BCUT2D eigenvalue weighted by Crippen LogP contribution is -2.14. The van der Waals surface area contributed by atoms with Gasteiger partial charge in [0.2, 0.25) is 5.91 Å². The minimum Gasteiger partial charge on any atom is -0.325 e. The highest BCUT2D eigenvalue weighted by Gasteiger charge is 2.04. The first-order valence-corrected chi connectivity index (χ1v) is 8.66. The lowest BCUT2D eigenvalue weighted by molar-refractivity contribution is -0.113. The van der Waals surface area contributed by atoms with Gasteiger partial charge >= 0.3 is 0 Å². The maximum Gasteiger partial charge on any atom is 0.234 e. The fourth-order valence-electron chi connectivity index (χ4n) is 1.80. The third-order valence-corrected chi connectivity index (χ3v) is 4.90. The summed E-state index contributed by atoms with van der Waals surface area (Å²) in [5.41, 5.74) is 3.68. The van der Waals surface area contributed by atoms with Gasteiger partial charge in [0.25, 0.3) is 0 Å². The molecule has 0 unspecified atom stereocenters. The molecule has 0 saturated heterocycles. The molecule has 2 aromatic rings. The van der Waals surface area contributed by atoms with E-state index in [9.17, 15) is 4.79 Å². The van der Waals surface area contributed by atoms with Crippen LogP contribution in [-0.4, -0.2) is 11.7 Å². The number of halogens is 1. The molecule has 0 spiro atoms. The molecule has 5 heteroatoms. The third-order valence-electron chi connectivity index (χ3n) is 3.04. The van der Waals surface area contributed by atoms with Gasteiger partial charge in [0.1, 0.15) is 0 Å². The smallest absolute Gasteiger partial charge is 0.234 e. The number of hydrogen-bond acceptors (Lipinski definition) is 3. The van der Waals surface area contributed by atoms with Gasteiger partial charge in [-0.1, -0.05) is 34.1 Å². The Morgan fingerprint density at radius 3 is 2.64 bits per heavy atom. The topological polar surface area (TPSA) is 52.9 Å². The molecule has 0 aliphatic heterocycles. The minimum atomic E-state index is -0.0191. The van der Waals surface area contributed by atoms with Crippen LogP contribution in [0.4, 0.5) is 5.69 Å². The number of aryl methyl sites for hydroxylation is 1. The van der Waals surface area contributed by atoms with Gasteiger partial charge in [-0.15, -0.1) is 11.8 Å². The molecule has 2 rings (SSSR count). The molecule has 0 aromatic heterocycles. The third kappa shape index (κ3) is 4.90. The van der Waals surface area contributed by atoms with Gasteiger partial charge in [0.15, 0.2) is 0 Å². The van der Waals surface area contributed by atoms with Gasteiger partial charge in [0.05, 0.1) is 17.4 Å². The van der Waals surface area contributed by atoms with Crippen LogP contribution in [0.15, 0.2) is 46.9 Å².